The van der Waals surface area contributed by atoms with Crippen LogP contribution in [0.2, 0.25) is 0 Å². The SMILES string of the molecule is CCN(CC)C(=O)NCC1NCCCC1(C)C. The Morgan fingerprint density at radius 2 is 2.06 bits per heavy atom. The summed E-state index contributed by atoms with van der Waals surface area (Å²) in [6, 6.07) is 0.439. The average molecular weight is 241 g/mol. The molecule has 0 bridgehead atoms. The van der Waals surface area contributed by atoms with Crippen LogP contribution in [0.4, 0.5) is 4.79 Å². The van der Waals surface area contributed by atoms with E-state index in [1.54, 1.807) is 0 Å². The molecular weight excluding hydrogens is 214 g/mol. The number of urea groups is 1. The quantitative estimate of drug-likeness (QED) is 0.788. The number of nitrogens with one attached hydrogen (secondary N) is 2. The highest BCUT2D eigenvalue weighted by atomic mass is 16.2. The van der Waals surface area contributed by atoms with Gasteiger partial charge in [-0.15, -0.1) is 0 Å². The normalized spacial score (nSPS) is 23.2. The van der Waals surface area contributed by atoms with E-state index in [2.05, 4.69) is 24.5 Å². The van der Waals surface area contributed by atoms with E-state index in [0.717, 1.165) is 26.2 Å². The molecule has 1 saturated heterocycles. The number of amides is 2. The molecule has 2 amide bonds. The lowest BCUT2D eigenvalue weighted by molar-refractivity contribution is 0.167. The largest absolute Gasteiger partial charge is 0.336 e. The first-order chi connectivity index (χ1) is 8.01. The number of hydrogen-bond donors (Lipinski definition) is 2. The molecule has 1 rings (SSSR count). The summed E-state index contributed by atoms with van der Waals surface area (Å²) in [7, 11) is 0. The third-order valence-corrected chi connectivity index (χ3v) is 3.84. The van der Waals surface area contributed by atoms with Gasteiger partial charge in [0.15, 0.2) is 0 Å². The van der Waals surface area contributed by atoms with Crippen LogP contribution in [0.5, 0.6) is 0 Å². The van der Waals surface area contributed by atoms with Crippen molar-refractivity contribution in [3.8, 4) is 0 Å². The highest BCUT2D eigenvalue weighted by molar-refractivity contribution is 5.74. The zero-order chi connectivity index (χ0) is 12.9. The Bertz CT molecular complexity index is 249. The third kappa shape index (κ3) is 3.87. The van der Waals surface area contributed by atoms with Crippen molar-refractivity contribution in [2.45, 2.75) is 46.6 Å². The first kappa shape index (κ1) is 14.3. The van der Waals surface area contributed by atoms with Gasteiger partial charge in [0.05, 0.1) is 0 Å². The van der Waals surface area contributed by atoms with E-state index in [1.165, 1.54) is 12.8 Å². The lowest BCUT2D eigenvalue weighted by Crippen LogP contribution is -2.54. The molecule has 0 aromatic heterocycles. The molecule has 0 radical (unpaired) electrons. The molecular formula is C13H27N3O. The van der Waals surface area contributed by atoms with Gasteiger partial charge < -0.3 is 15.5 Å². The second-order valence-electron chi connectivity index (χ2n) is 5.46. The summed E-state index contributed by atoms with van der Waals surface area (Å²) in [4.78, 5) is 13.7. The highest BCUT2D eigenvalue weighted by Crippen LogP contribution is 2.29. The number of carbonyl (C=O) groups excluding carboxylic acids is 1. The van der Waals surface area contributed by atoms with Gasteiger partial charge in [0.2, 0.25) is 0 Å². The van der Waals surface area contributed by atoms with Gasteiger partial charge in [-0.3, -0.25) is 0 Å². The van der Waals surface area contributed by atoms with Crippen LogP contribution >= 0.6 is 0 Å². The maximum Gasteiger partial charge on any atom is 0.317 e. The van der Waals surface area contributed by atoms with E-state index < -0.39 is 0 Å². The molecule has 4 nitrogen and oxygen atoms in total. The molecule has 17 heavy (non-hydrogen) atoms. The molecule has 0 aromatic carbocycles. The van der Waals surface area contributed by atoms with Crippen molar-refractivity contribution in [2.24, 2.45) is 5.41 Å². The van der Waals surface area contributed by atoms with Crippen molar-refractivity contribution in [3.05, 3.63) is 0 Å². The summed E-state index contributed by atoms with van der Waals surface area (Å²) in [5.74, 6) is 0. The van der Waals surface area contributed by atoms with Crippen molar-refractivity contribution in [1.82, 2.24) is 15.5 Å². The lowest BCUT2D eigenvalue weighted by atomic mass is 9.77. The minimum atomic E-state index is 0.0539. The molecule has 0 aromatic rings. The van der Waals surface area contributed by atoms with Gasteiger partial charge in [-0.2, -0.15) is 0 Å². The van der Waals surface area contributed by atoms with Crippen LogP contribution in [0.15, 0.2) is 0 Å². The van der Waals surface area contributed by atoms with Crippen molar-refractivity contribution in [1.29, 1.82) is 0 Å². The molecule has 1 aliphatic heterocycles. The Balaban J connectivity index is 2.41. The smallest absolute Gasteiger partial charge is 0.317 e. The summed E-state index contributed by atoms with van der Waals surface area (Å²) in [6.45, 7) is 11.9. The Morgan fingerprint density at radius 1 is 1.41 bits per heavy atom. The molecule has 0 aliphatic carbocycles. The Morgan fingerprint density at radius 3 is 2.59 bits per heavy atom. The minimum Gasteiger partial charge on any atom is -0.336 e. The molecule has 1 unspecified atom stereocenters. The van der Waals surface area contributed by atoms with E-state index in [0.29, 0.717) is 6.04 Å². The van der Waals surface area contributed by atoms with Crippen LogP contribution in [0.3, 0.4) is 0 Å². The Labute approximate surface area is 105 Å². The van der Waals surface area contributed by atoms with Crippen molar-refractivity contribution < 1.29 is 4.79 Å². The second kappa shape index (κ2) is 6.24. The Hall–Kier alpha value is -0.770. The molecule has 0 spiro atoms. The number of nitrogens with zero attached hydrogens (tertiary/aromatic N) is 1. The van der Waals surface area contributed by atoms with Crippen molar-refractivity contribution >= 4 is 6.03 Å². The van der Waals surface area contributed by atoms with Crippen LogP contribution in [0.1, 0.15) is 40.5 Å². The van der Waals surface area contributed by atoms with E-state index >= 15 is 0 Å². The lowest BCUT2D eigenvalue weighted by Gasteiger charge is -2.39. The predicted octanol–water partition coefficient (Wildman–Crippen LogP) is 1.82. The van der Waals surface area contributed by atoms with Crippen LogP contribution in [-0.2, 0) is 0 Å². The van der Waals surface area contributed by atoms with E-state index in [1.807, 2.05) is 18.7 Å². The second-order valence-corrected chi connectivity index (χ2v) is 5.46. The monoisotopic (exact) mass is 241 g/mol. The summed E-state index contributed by atoms with van der Waals surface area (Å²) >= 11 is 0. The fourth-order valence-electron chi connectivity index (χ4n) is 2.43. The summed E-state index contributed by atoms with van der Waals surface area (Å²) in [6.07, 6.45) is 2.46. The first-order valence-corrected chi connectivity index (χ1v) is 6.77. The van der Waals surface area contributed by atoms with Gasteiger partial charge >= 0.3 is 6.03 Å². The van der Waals surface area contributed by atoms with Crippen LogP contribution < -0.4 is 10.6 Å². The van der Waals surface area contributed by atoms with Gasteiger partial charge in [0, 0.05) is 25.7 Å². The summed E-state index contributed by atoms with van der Waals surface area (Å²) in [5.41, 5.74) is 0.273. The fraction of sp³-hybridized carbons (Fsp3) is 0.923. The van der Waals surface area contributed by atoms with Crippen LogP contribution in [-0.4, -0.2) is 43.2 Å². The highest BCUT2D eigenvalue weighted by Gasteiger charge is 2.32. The molecule has 100 valence electrons. The third-order valence-electron chi connectivity index (χ3n) is 3.84. The number of piperidine rings is 1. The zero-order valence-electron chi connectivity index (χ0n) is 11.7. The maximum atomic E-state index is 11.8. The minimum absolute atomic E-state index is 0.0539. The molecule has 1 atom stereocenters. The molecule has 0 saturated carbocycles. The standard InChI is InChI=1S/C13H27N3O/c1-5-16(6-2)12(17)15-10-11-13(3,4)8-7-9-14-11/h11,14H,5-10H2,1-4H3,(H,15,17). The van der Waals surface area contributed by atoms with Crippen molar-refractivity contribution in [3.63, 3.8) is 0 Å². The topological polar surface area (TPSA) is 44.4 Å². The van der Waals surface area contributed by atoms with E-state index in [4.69, 9.17) is 0 Å². The molecule has 1 aliphatic rings. The van der Waals surface area contributed by atoms with Crippen LogP contribution in [0, 0.1) is 5.41 Å². The van der Waals surface area contributed by atoms with Crippen molar-refractivity contribution in [2.75, 3.05) is 26.2 Å². The molecule has 1 fully saturated rings. The average Bonchev–Trinajstić information content (AvgIpc) is 2.28. The van der Waals surface area contributed by atoms with Gasteiger partial charge in [0.1, 0.15) is 0 Å². The van der Waals surface area contributed by atoms with Gasteiger partial charge in [-0.25, -0.2) is 4.79 Å². The number of hydrogen-bond acceptors (Lipinski definition) is 2. The zero-order valence-corrected chi connectivity index (χ0v) is 11.7. The van der Waals surface area contributed by atoms with Gasteiger partial charge in [-0.1, -0.05) is 13.8 Å². The summed E-state index contributed by atoms with van der Waals surface area (Å²) < 4.78 is 0. The fourth-order valence-corrected chi connectivity index (χ4v) is 2.43. The van der Waals surface area contributed by atoms with Gasteiger partial charge in [-0.05, 0) is 38.6 Å². The number of carbonyl (C=O) groups is 1. The number of rotatable bonds is 4. The predicted molar refractivity (Wildman–Crippen MR) is 71.1 cm³/mol. The molecule has 2 N–H and O–H groups in total. The summed E-state index contributed by atoms with van der Waals surface area (Å²) in [5, 5.41) is 6.54. The van der Waals surface area contributed by atoms with E-state index in [-0.39, 0.29) is 11.4 Å². The Kier molecular flexibility index (Phi) is 5.25. The van der Waals surface area contributed by atoms with Crippen LogP contribution in [0.25, 0.3) is 0 Å². The maximum absolute atomic E-state index is 11.8. The van der Waals surface area contributed by atoms with E-state index in [9.17, 15) is 4.79 Å². The van der Waals surface area contributed by atoms with Gasteiger partial charge in [0.25, 0.3) is 0 Å². The first-order valence-electron chi connectivity index (χ1n) is 6.77. The molecule has 1 heterocycles. The molecule has 4 heteroatoms.